The zero-order valence-corrected chi connectivity index (χ0v) is 8.00. The number of aryl methyl sites for hydroxylation is 1. The van der Waals surface area contributed by atoms with Gasteiger partial charge in [-0.3, -0.25) is 4.79 Å². The monoisotopic (exact) mass is 188 g/mol. The standard InChI is InChI=1S/C11H12N2O/c1-7-3-2-4-8-5-9(6-12)11(14)13-10(7)8/h2-5H,6,12H2,1H3,(H,13,14). The van der Waals surface area contributed by atoms with Crippen molar-refractivity contribution in [1.82, 2.24) is 4.98 Å². The van der Waals surface area contributed by atoms with Gasteiger partial charge in [0.15, 0.2) is 0 Å². The fourth-order valence-electron chi connectivity index (χ4n) is 1.58. The first kappa shape index (κ1) is 8.97. The van der Waals surface area contributed by atoms with Crippen LogP contribution in [0.1, 0.15) is 11.1 Å². The summed E-state index contributed by atoms with van der Waals surface area (Å²) < 4.78 is 0. The Morgan fingerprint density at radius 2 is 2.21 bits per heavy atom. The van der Waals surface area contributed by atoms with Gasteiger partial charge in [-0.2, -0.15) is 0 Å². The molecule has 0 fully saturated rings. The van der Waals surface area contributed by atoms with Crippen LogP contribution in [0, 0.1) is 6.92 Å². The summed E-state index contributed by atoms with van der Waals surface area (Å²) in [7, 11) is 0. The molecule has 0 atom stereocenters. The van der Waals surface area contributed by atoms with Crippen LogP contribution in [0.3, 0.4) is 0 Å². The van der Waals surface area contributed by atoms with E-state index in [1.807, 2.05) is 31.2 Å². The number of nitrogens with one attached hydrogen (secondary N) is 1. The van der Waals surface area contributed by atoms with E-state index in [-0.39, 0.29) is 12.1 Å². The van der Waals surface area contributed by atoms with Crippen LogP contribution < -0.4 is 11.3 Å². The van der Waals surface area contributed by atoms with E-state index in [0.29, 0.717) is 5.56 Å². The number of hydrogen-bond donors (Lipinski definition) is 2. The van der Waals surface area contributed by atoms with Gasteiger partial charge < -0.3 is 10.7 Å². The first-order valence-electron chi connectivity index (χ1n) is 4.54. The van der Waals surface area contributed by atoms with E-state index in [1.54, 1.807) is 0 Å². The van der Waals surface area contributed by atoms with E-state index in [0.717, 1.165) is 16.5 Å². The predicted molar refractivity (Wildman–Crippen MR) is 57.2 cm³/mol. The second kappa shape index (κ2) is 3.27. The molecule has 3 heteroatoms. The Morgan fingerprint density at radius 1 is 1.43 bits per heavy atom. The number of nitrogens with two attached hydrogens (primary N) is 1. The highest BCUT2D eigenvalue weighted by atomic mass is 16.1. The number of aromatic amines is 1. The van der Waals surface area contributed by atoms with Crippen molar-refractivity contribution in [2.45, 2.75) is 13.5 Å². The Kier molecular flexibility index (Phi) is 2.09. The average Bonchev–Trinajstić information content (AvgIpc) is 2.19. The lowest BCUT2D eigenvalue weighted by Gasteiger charge is -2.03. The molecule has 0 aliphatic carbocycles. The van der Waals surface area contributed by atoms with Crippen LogP contribution in [0.5, 0.6) is 0 Å². The van der Waals surface area contributed by atoms with Crippen LogP contribution >= 0.6 is 0 Å². The molecule has 0 aliphatic rings. The van der Waals surface area contributed by atoms with Crippen molar-refractivity contribution < 1.29 is 0 Å². The molecule has 0 amide bonds. The third-order valence-electron chi connectivity index (χ3n) is 2.38. The van der Waals surface area contributed by atoms with Crippen LogP contribution in [0.4, 0.5) is 0 Å². The summed E-state index contributed by atoms with van der Waals surface area (Å²) in [5.74, 6) is 0. The zero-order valence-electron chi connectivity index (χ0n) is 8.00. The molecule has 3 N–H and O–H groups in total. The van der Waals surface area contributed by atoms with E-state index >= 15 is 0 Å². The summed E-state index contributed by atoms with van der Waals surface area (Å²) in [5, 5.41) is 1.03. The molecule has 0 spiro atoms. The maximum atomic E-state index is 11.5. The maximum absolute atomic E-state index is 11.5. The Balaban J connectivity index is 2.86. The molecule has 0 saturated heterocycles. The topological polar surface area (TPSA) is 58.9 Å². The summed E-state index contributed by atoms with van der Waals surface area (Å²) in [6, 6.07) is 7.76. The van der Waals surface area contributed by atoms with Crippen LogP contribution in [0.25, 0.3) is 10.9 Å². The number of benzene rings is 1. The average molecular weight is 188 g/mol. The van der Waals surface area contributed by atoms with Crippen LogP contribution in [-0.4, -0.2) is 4.98 Å². The van der Waals surface area contributed by atoms with Crippen molar-refractivity contribution in [2.75, 3.05) is 0 Å². The number of H-pyrrole nitrogens is 1. The fraction of sp³-hybridized carbons (Fsp3) is 0.182. The van der Waals surface area contributed by atoms with Crippen molar-refractivity contribution in [2.24, 2.45) is 5.73 Å². The highest BCUT2D eigenvalue weighted by Gasteiger charge is 2.01. The van der Waals surface area contributed by atoms with E-state index in [9.17, 15) is 4.79 Å². The predicted octanol–water partition coefficient (Wildman–Crippen LogP) is 1.30. The number of aromatic nitrogens is 1. The molecular formula is C11H12N2O. The Morgan fingerprint density at radius 3 is 2.93 bits per heavy atom. The summed E-state index contributed by atoms with van der Waals surface area (Å²) in [4.78, 5) is 14.3. The van der Waals surface area contributed by atoms with Crippen LogP contribution in [-0.2, 0) is 6.54 Å². The van der Waals surface area contributed by atoms with E-state index < -0.39 is 0 Å². The summed E-state index contributed by atoms with van der Waals surface area (Å²) in [6.07, 6.45) is 0. The van der Waals surface area contributed by atoms with Crippen LogP contribution in [0.15, 0.2) is 29.1 Å². The molecule has 72 valence electrons. The number of pyridine rings is 1. The number of hydrogen-bond acceptors (Lipinski definition) is 2. The zero-order chi connectivity index (χ0) is 10.1. The lowest BCUT2D eigenvalue weighted by atomic mass is 10.1. The molecule has 3 nitrogen and oxygen atoms in total. The Labute approximate surface area is 81.6 Å². The van der Waals surface area contributed by atoms with Gasteiger partial charge in [0, 0.05) is 12.1 Å². The molecular weight excluding hydrogens is 176 g/mol. The Hall–Kier alpha value is -1.61. The molecule has 0 unspecified atom stereocenters. The van der Waals surface area contributed by atoms with Gasteiger partial charge in [-0.05, 0) is 23.9 Å². The second-order valence-corrected chi connectivity index (χ2v) is 3.37. The first-order valence-corrected chi connectivity index (χ1v) is 4.54. The quantitative estimate of drug-likeness (QED) is 0.708. The fourth-order valence-corrected chi connectivity index (χ4v) is 1.58. The Bertz CT molecular complexity index is 528. The lowest BCUT2D eigenvalue weighted by Crippen LogP contribution is -2.15. The maximum Gasteiger partial charge on any atom is 0.252 e. The van der Waals surface area contributed by atoms with Gasteiger partial charge in [-0.1, -0.05) is 18.2 Å². The van der Waals surface area contributed by atoms with Crippen molar-refractivity contribution in [3.05, 3.63) is 45.7 Å². The molecule has 2 rings (SSSR count). The van der Waals surface area contributed by atoms with E-state index in [4.69, 9.17) is 5.73 Å². The number of para-hydroxylation sites is 1. The lowest BCUT2D eigenvalue weighted by molar-refractivity contribution is 1.03. The minimum atomic E-state index is -0.0886. The molecule has 0 saturated carbocycles. The first-order chi connectivity index (χ1) is 6.72. The highest BCUT2D eigenvalue weighted by Crippen LogP contribution is 2.14. The van der Waals surface area contributed by atoms with Crippen LogP contribution in [0.2, 0.25) is 0 Å². The van der Waals surface area contributed by atoms with Gasteiger partial charge in [0.2, 0.25) is 0 Å². The molecule has 0 bridgehead atoms. The molecule has 0 radical (unpaired) electrons. The highest BCUT2D eigenvalue weighted by molar-refractivity contribution is 5.81. The van der Waals surface area contributed by atoms with E-state index in [2.05, 4.69) is 4.98 Å². The van der Waals surface area contributed by atoms with Gasteiger partial charge >= 0.3 is 0 Å². The smallest absolute Gasteiger partial charge is 0.252 e. The number of fused-ring (bicyclic) bond motifs is 1. The summed E-state index contributed by atoms with van der Waals surface area (Å²) in [6.45, 7) is 2.25. The van der Waals surface area contributed by atoms with Gasteiger partial charge in [-0.25, -0.2) is 0 Å². The largest absolute Gasteiger partial charge is 0.326 e. The molecule has 1 heterocycles. The molecule has 1 aromatic carbocycles. The minimum Gasteiger partial charge on any atom is -0.326 e. The third-order valence-corrected chi connectivity index (χ3v) is 2.38. The van der Waals surface area contributed by atoms with Crippen molar-refractivity contribution in [3.8, 4) is 0 Å². The van der Waals surface area contributed by atoms with Gasteiger partial charge in [-0.15, -0.1) is 0 Å². The molecule has 1 aromatic heterocycles. The van der Waals surface area contributed by atoms with E-state index in [1.165, 1.54) is 0 Å². The van der Waals surface area contributed by atoms with Crippen molar-refractivity contribution in [3.63, 3.8) is 0 Å². The van der Waals surface area contributed by atoms with Gasteiger partial charge in [0.05, 0.1) is 5.52 Å². The van der Waals surface area contributed by atoms with Gasteiger partial charge in [0.1, 0.15) is 0 Å². The van der Waals surface area contributed by atoms with Gasteiger partial charge in [0.25, 0.3) is 5.56 Å². The summed E-state index contributed by atoms with van der Waals surface area (Å²) in [5.41, 5.74) is 7.97. The molecule has 14 heavy (non-hydrogen) atoms. The third kappa shape index (κ3) is 1.32. The normalized spacial score (nSPS) is 10.7. The summed E-state index contributed by atoms with van der Waals surface area (Å²) >= 11 is 0. The molecule has 0 aliphatic heterocycles. The second-order valence-electron chi connectivity index (χ2n) is 3.37. The SMILES string of the molecule is Cc1cccc2cc(CN)c(=O)[nH]c12. The molecule has 2 aromatic rings. The van der Waals surface area contributed by atoms with Crippen molar-refractivity contribution >= 4 is 10.9 Å². The minimum absolute atomic E-state index is 0.0886. The number of rotatable bonds is 1. The van der Waals surface area contributed by atoms with Crippen molar-refractivity contribution in [1.29, 1.82) is 0 Å².